The van der Waals surface area contributed by atoms with Crippen molar-refractivity contribution in [2.45, 2.75) is 12.3 Å². The molecule has 0 radical (unpaired) electrons. The largest absolute Gasteiger partial charge is 0.486 e. The Kier molecular flexibility index (Phi) is 3.68. The second kappa shape index (κ2) is 6.23. The zero-order valence-corrected chi connectivity index (χ0v) is 14.8. The van der Waals surface area contributed by atoms with Gasteiger partial charge in [-0.1, -0.05) is 12.1 Å². The van der Waals surface area contributed by atoms with Crippen molar-refractivity contribution < 1.29 is 19.2 Å². The molecule has 28 heavy (non-hydrogen) atoms. The highest BCUT2D eigenvalue weighted by Crippen LogP contribution is 2.41. The fraction of sp³-hybridized carbons (Fsp3) is 0.190. The number of ether oxygens (including phenoxy) is 2. The topological polar surface area (TPSA) is 83.6 Å². The van der Waals surface area contributed by atoms with E-state index >= 15 is 0 Å². The van der Waals surface area contributed by atoms with Crippen molar-refractivity contribution in [1.29, 1.82) is 0 Å². The number of nitrogens with zero attached hydrogens (tertiary/aromatic N) is 2. The molecule has 0 unspecified atom stereocenters. The summed E-state index contributed by atoms with van der Waals surface area (Å²) in [6.07, 6.45) is 2.19. The van der Waals surface area contributed by atoms with Crippen LogP contribution in [0, 0.1) is 10.1 Å². The summed E-state index contributed by atoms with van der Waals surface area (Å²) in [5.74, 6) is 1.01. The molecule has 0 spiro atoms. The van der Waals surface area contributed by atoms with Gasteiger partial charge in [0.2, 0.25) is 0 Å². The van der Waals surface area contributed by atoms with Crippen LogP contribution in [0.15, 0.2) is 54.7 Å². The number of ketones is 1. The lowest BCUT2D eigenvalue weighted by Gasteiger charge is -2.21. The number of hydrogen-bond acceptors (Lipinski definition) is 5. The molecule has 0 amide bonds. The van der Waals surface area contributed by atoms with Crippen LogP contribution >= 0.6 is 0 Å². The average Bonchev–Trinajstić information content (AvgIpc) is 3.16. The van der Waals surface area contributed by atoms with Crippen LogP contribution in [-0.2, 0) is 0 Å². The van der Waals surface area contributed by atoms with Crippen LogP contribution < -0.4 is 9.47 Å². The van der Waals surface area contributed by atoms with Gasteiger partial charge < -0.3 is 14.0 Å². The van der Waals surface area contributed by atoms with E-state index in [1.807, 2.05) is 29.0 Å². The lowest BCUT2D eigenvalue weighted by Crippen LogP contribution is -2.16. The SMILES string of the molecule is O=C1C[C@@H](c2ccc([N+](=O)[O-])cc2)c2cccn2-c2cc3c(cc21)OCCO3. The highest BCUT2D eigenvalue weighted by molar-refractivity contribution is 6.01. The van der Waals surface area contributed by atoms with E-state index in [0.717, 1.165) is 16.9 Å². The maximum atomic E-state index is 13.1. The van der Waals surface area contributed by atoms with E-state index in [9.17, 15) is 14.9 Å². The fourth-order valence-corrected chi connectivity index (χ4v) is 3.92. The highest BCUT2D eigenvalue weighted by Gasteiger charge is 2.30. The number of carbonyl (C=O) groups excluding carboxylic acids is 1. The molecular formula is C21H16N2O5. The van der Waals surface area contributed by atoms with Crippen molar-refractivity contribution in [3.05, 3.63) is 81.7 Å². The van der Waals surface area contributed by atoms with E-state index in [1.54, 1.807) is 18.2 Å². The molecule has 7 heteroatoms. The van der Waals surface area contributed by atoms with Gasteiger partial charge in [-0.15, -0.1) is 0 Å². The molecule has 3 heterocycles. The smallest absolute Gasteiger partial charge is 0.269 e. The molecule has 2 aromatic carbocycles. The van der Waals surface area contributed by atoms with Gasteiger partial charge in [0, 0.05) is 48.0 Å². The first-order valence-corrected chi connectivity index (χ1v) is 9.00. The molecule has 0 N–H and O–H groups in total. The van der Waals surface area contributed by atoms with Gasteiger partial charge in [-0.25, -0.2) is 0 Å². The molecule has 0 fully saturated rings. The summed E-state index contributed by atoms with van der Waals surface area (Å²) in [5.41, 5.74) is 3.20. The number of hydrogen-bond donors (Lipinski definition) is 0. The summed E-state index contributed by atoms with van der Waals surface area (Å²) in [5, 5.41) is 11.0. The summed E-state index contributed by atoms with van der Waals surface area (Å²) in [6, 6.07) is 13.9. The number of carbonyl (C=O) groups is 1. The van der Waals surface area contributed by atoms with Crippen molar-refractivity contribution in [3.63, 3.8) is 0 Å². The van der Waals surface area contributed by atoms with E-state index < -0.39 is 4.92 Å². The lowest BCUT2D eigenvalue weighted by molar-refractivity contribution is -0.384. The van der Waals surface area contributed by atoms with E-state index in [1.165, 1.54) is 12.1 Å². The van der Waals surface area contributed by atoms with Crippen molar-refractivity contribution in [3.8, 4) is 17.2 Å². The van der Waals surface area contributed by atoms with Crippen LogP contribution in [0.3, 0.4) is 0 Å². The Bertz CT molecular complexity index is 1100. The van der Waals surface area contributed by atoms with Crippen molar-refractivity contribution in [1.82, 2.24) is 4.57 Å². The van der Waals surface area contributed by atoms with E-state index in [0.29, 0.717) is 30.3 Å². The van der Waals surface area contributed by atoms with Crippen LogP contribution in [-0.4, -0.2) is 28.5 Å². The number of rotatable bonds is 2. The molecule has 0 saturated carbocycles. The molecule has 140 valence electrons. The Morgan fingerprint density at radius 3 is 2.46 bits per heavy atom. The average molecular weight is 376 g/mol. The van der Waals surface area contributed by atoms with Crippen molar-refractivity contribution in [2.24, 2.45) is 0 Å². The summed E-state index contributed by atoms with van der Waals surface area (Å²) in [7, 11) is 0. The predicted molar refractivity (Wildman–Crippen MR) is 101 cm³/mol. The number of fused-ring (bicyclic) bond motifs is 4. The van der Waals surface area contributed by atoms with Gasteiger partial charge in [0.15, 0.2) is 17.3 Å². The summed E-state index contributed by atoms with van der Waals surface area (Å²) in [6.45, 7) is 0.934. The third-order valence-corrected chi connectivity index (χ3v) is 5.25. The molecule has 2 aliphatic heterocycles. The minimum absolute atomic E-state index is 0.000902. The zero-order valence-electron chi connectivity index (χ0n) is 14.8. The molecule has 2 aliphatic rings. The second-order valence-corrected chi connectivity index (χ2v) is 6.84. The van der Waals surface area contributed by atoms with Gasteiger partial charge in [0.1, 0.15) is 13.2 Å². The molecule has 1 aromatic heterocycles. The fourth-order valence-electron chi connectivity index (χ4n) is 3.92. The Balaban J connectivity index is 1.64. The maximum Gasteiger partial charge on any atom is 0.269 e. The lowest BCUT2D eigenvalue weighted by atomic mass is 9.90. The van der Waals surface area contributed by atoms with Crippen LogP contribution in [0.2, 0.25) is 0 Å². The molecular weight excluding hydrogens is 360 g/mol. The summed E-state index contributed by atoms with van der Waals surface area (Å²) in [4.78, 5) is 23.6. The Morgan fingerprint density at radius 1 is 1.04 bits per heavy atom. The summed E-state index contributed by atoms with van der Waals surface area (Å²) >= 11 is 0. The zero-order chi connectivity index (χ0) is 19.3. The number of non-ortho nitro benzene ring substituents is 1. The monoisotopic (exact) mass is 376 g/mol. The number of nitro benzene ring substituents is 1. The third kappa shape index (κ3) is 2.55. The van der Waals surface area contributed by atoms with Crippen LogP contribution in [0.25, 0.3) is 5.69 Å². The van der Waals surface area contributed by atoms with Crippen molar-refractivity contribution >= 4 is 11.5 Å². The number of Topliss-reactive ketones (excluding diaryl/α,β-unsaturated/α-hetero) is 1. The predicted octanol–water partition coefficient (Wildman–Crippen LogP) is 3.88. The normalized spacial score (nSPS) is 17.4. The quantitative estimate of drug-likeness (QED) is 0.501. The minimum atomic E-state index is -0.426. The molecule has 1 atom stereocenters. The van der Waals surface area contributed by atoms with Gasteiger partial charge in [0.05, 0.1) is 10.6 Å². The number of benzene rings is 2. The third-order valence-electron chi connectivity index (χ3n) is 5.25. The molecule has 3 aromatic rings. The Morgan fingerprint density at radius 2 is 1.75 bits per heavy atom. The Labute approximate surface area is 160 Å². The van der Waals surface area contributed by atoms with E-state index in [2.05, 4.69) is 0 Å². The number of nitro groups is 1. The first kappa shape index (κ1) is 16.6. The molecule has 0 aliphatic carbocycles. The second-order valence-electron chi connectivity index (χ2n) is 6.84. The Hall–Kier alpha value is -3.61. The molecule has 0 bridgehead atoms. The van der Waals surface area contributed by atoms with Crippen LogP contribution in [0.1, 0.15) is 34.0 Å². The maximum absolute atomic E-state index is 13.1. The first-order chi connectivity index (χ1) is 13.6. The van der Waals surface area contributed by atoms with Gasteiger partial charge in [-0.2, -0.15) is 0 Å². The minimum Gasteiger partial charge on any atom is -0.486 e. The van der Waals surface area contributed by atoms with Crippen molar-refractivity contribution in [2.75, 3.05) is 13.2 Å². The standard InChI is InChI=1S/C21H16N2O5/c24-19-10-15(13-3-5-14(6-4-13)23(25)26)17-2-1-7-22(17)18-12-21-20(11-16(18)19)27-8-9-28-21/h1-7,11-12,15H,8-10H2/t15-/m0/s1. The molecule has 7 nitrogen and oxygen atoms in total. The van der Waals surface area contributed by atoms with E-state index in [4.69, 9.17) is 9.47 Å². The van der Waals surface area contributed by atoms with Gasteiger partial charge in [-0.3, -0.25) is 14.9 Å². The highest BCUT2D eigenvalue weighted by atomic mass is 16.6. The van der Waals surface area contributed by atoms with Gasteiger partial charge >= 0.3 is 0 Å². The molecule has 0 saturated heterocycles. The summed E-state index contributed by atoms with van der Waals surface area (Å²) < 4.78 is 13.3. The van der Waals surface area contributed by atoms with Crippen LogP contribution in [0.5, 0.6) is 11.5 Å². The number of aromatic nitrogens is 1. The first-order valence-electron chi connectivity index (χ1n) is 9.00. The van der Waals surface area contributed by atoms with Gasteiger partial charge in [0.25, 0.3) is 5.69 Å². The molecule has 5 rings (SSSR count). The van der Waals surface area contributed by atoms with Gasteiger partial charge in [-0.05, 0) is 23.8 Å². The van der Waals surface area contributed by atoms with Crippen LogP contribution in [0.4, 0.5) is 5.69 Å². The van der Waals surface area contributed by atoms with E-state index in [-0.39, 0.29) is 23.8 Å².